The number of hydrogen-bond donors (Lipinski definition) is 3. The molecular weight excluding hydrogens is 658 g/mol. The minimum absolute atomic E-state index is 0.115. The predicted molar refractivity (Wildman–Crippen MR) is 153 cm³/mol. The highest BCUT2D eigenvalue weighted by Crippen LogP contribution is 2.36. The zero-order valence-electron chi connectivity index (χ0n) is 22.3. The van der Waals surface area contributed by atoms with E-state index in [1.807, 2.05) is 30.3 Å². The molecule has 4 aromatic carbocycles. The SMILES string of the molecule is O=C(Nc1ccc(Br)cc1C(=O)NC(Cc1ccc(-c2ccccc2)cc1)C(=O)O)c1cc(C(F)(F)F)cc(C(F)(F)F)c1. The second kappa shape index (κ2) is 12.9. The molecule has 0 aliphatic rings. The Hall–Kier alpha value is -4.65. The molecule has 13 heteroatoms. The molecule has 1 atom stereocenters. The van der Waals surface area contributed by atoms with Crippen LogP contribution in [0.5, 0.6) is 0 Å². The summed E-state index contributed by atoms with van der Waals surface area (Å²) in [7, 11) is 0. The number of carbonyl (C=O) groups is 3. The molecular formula is C31H21BrF6N2O4. The van der Waals surface area contributed by atoms with E-state index in [4.69, 9.17) is 0 Å². The van der Waals surface area contributed by atoms with Crippen LogP contribution in [0.2, 0.25) is 0 Å². The number of hydrogen-bond acceptors (Lipinski definition) is 3. The number of carbonyl (C=O) groups excluding carboxylic acids is 2. The predicted octanol–water partition coefficient (Wildman–Crippen LogP) is 7.83. The van der Waals surface area contributed by atoms with Gasteiger partial charge in [-0.05, 0) is 53.1 Å². The lowest BCUT2D eigenvalue weighted by molar-refractivity contribution is -0.143. The van der Waals surface area contributed by atoms with Crippen molar-refractivity contribution < 1.29 is 45.8 Å². The number of rotatable bonds is 8. The highest BCUT2D eigenvalue weighted by atomic mass is 79.9. The lowest BCUT2D eigenvalue weighted by Crippen LogP contribution is -2.42. The van der Waals surface area contributed by atoms with E-state index in [1.165, 1.54) is 18.2 Å². The van der Waals surface area contributed by atoms with Crippen molar-refractivity contribution in [3.05, 3.63) is 123 Å². The van der Waals surface area contributed by atoms with Gasteiger partial charge in [0.1, 0.15) is 6.04 Å². The standard InChI is InChI=1S/C31H21BrF6N2O4/c32-23-10-11-25(39-27(41)20-13-21(30(33,34)35)15-22(14-20)31(36,37)38)24(16-23)28(42)40-26(29(43)44)12-17-6-8-19(9-7-17)18-4-2-1-3-5-18/h1-11,13-16,26H,12H2,(H,39,41)(H,40,42)(H,43,44). The van der Waals surface area contributed by atoms with Crippen molar-refractivity contribution in [2.75, 3.05) is 5.32 Å². The number of anilines is 1. The summed E-state index contributed by atoms with van der Waals surface area (Å²) in [4.78, 5) is 38.1. The van der Waals surface area contributed by atoms with E-state index >= 15 is 0 Å². The maximum atomic E-state index is 13.3. The van der Waals surface area contributed by atoms with Crippen LogP contribution in [0.4, 0.5) is 32.0 Å². The third-order valence-electron chi connectivity index (χ3n) is 6.43. The number of benzene rings is 4. The minimum Gasteiger partial charge on any atom is -0.480 e. The Balaban J connectivity index is 1.56. The van der Waals surface area contributed by atoms with Crippen molar-refractivity contribution in [3.63, 3.8) is 0 Å². The fourth-order valence-corrected chi connectivity index (χ4v) is 4.59. The van der Waals surface area contributed by atoms with Crippen molar-refractivity contribution in [2.24, 2.45) is 0 Å². The summed E-state index contributed by atoms with van der Waals surface area (Å²) >= 11 is 3.15. The lowest BCUT2D eigenvalue weighted by atomic mass is 10.0. The second-order valence-electron chi connectivity index (χ2n) is 9.57. The number of nitrogens with one attached hydrogen (secondary N) is 2. The molecule has 0 saturated carbocycles. The molecule has 1 unspecified atom stereocenters. The first-order chi connectivity index (χ1) is 20.6. The topological polar surface area (TPSA) is 95.5 Å². The molecule has 44 heavy (non-hydrogen) atoms. The van der Waals surface area contributed by atoms with Gasteiger partial charge in [-0.2, -0.15) is 26.3 Å². The molecule has 0 aliphatic heterocycles. The Labute approximate surface area is 254 Å². The summed E-state index contributed by atoms with van der Waals surface area (Å²) in [6.07, 6.45) is -10.5. The first-order valence-electron chi connectivity index (χ1n) is 12.7. The molecule has 6 nitrogen and oxygen atoms in total. The molecule has 0 aliphatic carbocycles. The van der Waals surface area contributed by atoms with Crippen LogP contribution < -0.4 is 10.6 Å². The Morgan fingerprint density at radius 3 is 1.84 bits per heavy atom. The number of alkyl halides is 6. The lowest BCUT2D eigenvalue weighted by Gasteiger charge is -2.18. The summed E-state index contributed by atoms with van der Waals surface area (Å²) in [6.45, 7) is 0. The molecule has 228 valence electrons. The van der Waals surface area contributed by atoms with Crippen molar-refractivity contribution in [3.8, 4) is 11.1 Å². The van der Waals surface area contributed by atoms with E-state index in [1.54, 1.807) is 24.3 Å². The number of aliphatic carboxylic acids is 1. The molecule has 2 amide bonds. The van der Waals surface area contributed by atoms with Crippen LogP contribution in [-0.2, 0) is 23.6 Å². The van der Waals surface area contributed by atoms with Crippen LogP contribution in [0, 0.1) is 0 Å². The number of amides is 2. The minimum atomic E-state index is -5.17. The Morgan fingerprint density at radius 1 is 0.727 bits per heavy atom. The third kappa shape index (κ3) is 8.04. The van der Waals surface area contributed by atoms with E-state index in [-0.39, 0.29) is 35.9 Å². The fourth-order valence-electron chi connectivity index (χ4n) is 4.23. The third-order valence-corrected chi connectivity index (χ3v) is 6.92. The van der Waals surface area contributed by atoms with E-state index in [0.29, 0.717) is 10.0 Å². The summed E-state index contributed by atoms with van der Waals surface area (Å²) in [5, 5.41) is 14.3. The normalized spacial score (nSPS) is 12.3. The van der Waals surface area contributed by atoms with E-state index < -0.39 is 52.9 Å². The first kappa shape index (κ1) is 32.3. The molecule has 4 aromatic rings. The Morgan fingerprint density at radius 2 is 1.30 bits per heavy atom. The van der Waals surface area contributed by atoms with Gasteiger partial charge in [0.25, 0.3) is 11.8 Å². The average molecular weight is 679 g/mol. The van der Waals surface area contributed by atoms with Crippen molar-refractivity contribution in [2.45, 2.75) is 24.8 Å². The maximum Gasteiger partial charge on any atom is 0.416 e. The van der Waals surface area contributed by atoms with Crippen LogP contribution >= 0.6 is 15.9 Å². The largest absolute Gasteiger partial charge is 0.480 e. The van der Waals surface area contributed by atoms with Gasteiger partial charge >= 0.3 is 18.3 Å². The Kier molecular flexibility index (Phi) is 9.47. The molecule has 4 rings (SSSR count). The number of halogens is 7. The molecule has 0 spiro atoms. The summed E-state index contributed by atoms with van der Waals surface area (Å²) < 4.78 is 80.0. The molecule has 0 aromatic heterocycles. The fraction of sp³-hybridized carbons (Fsp3) is 0.129. The smallest absolute Gasteiger partial charge is 0.416 e. The van der Waals surface area contributed by atoms with Crippen LogP contribution in [-0.4, -0.2) is 28.9 Å². The molecule has 0 bridgehead atoms. The van der Waals surface area contributed by atoms with Gasteiger partial charge in [-0.1, -0.05) is 70.5 Å². The van der Waals surface area contributed by atoms with Crippen molar-refractivity contribution in [1.29, 1.82) is 0 Å². The maximum absolute atomic E-state index is 13.3. The van der Waals surface area contributed by atoms with E-state index in [9.17, 15) is 45.8 Å². The monoisotopic (exact) mass is 678 g/mol. The Bertz CT molecular complexity index is 1660. The van der Waals surface area contributed by atoms with Gasteiger partial charge in [0.2, 0.25) is 0 Å². The highest BCUT2D eigenvalue weighted by Gasteiger charge is 2.37. The summed E-state index contributed by atoms with van der Waals surface area (Å²) in [5.74, 6) is -3.68. The van der Waals surface area contributed by atoms with Crippen LogP contribution in [0.25, 0.3) is 11.1 Å². The molecule has 0 saturated heterocycles. The highest BCUT2D eigenvalue weighted by molar-refractivity contribution is 9.10. The van der Waals surface area contributed by atoms with Crippen LogP contribution in [0.1, 0.15) is 37.4 Å². The van der Waals surface area contributed by atoms with Gasteiger partial charge in [-0.15, -0.1) is 0 Å². The number of carboxylic acid groups (broad SMARTS) is 1. The van der Waals surface area contributed by atoms with Crippen LogP contribution in [0.3, 0.4) is 0 Å². The molecule has 3 N–H and O–H groups in total. The molecule has 0 fully saturated rings. The van der Waals surface area contributed by atoms with Gasteiger partial charge in [-0.25, -0.2) is 4.79 Å². The molecule has 0 radical (unpaired) electrons. The van der Waals surface area contributed by atoms with Crippen molar-refractivity contribution >= 4 is 39.4 Å². The zero-order chi connectivity index (χ0) is 32.2. The summed E-state index contributed by atoms with van der Waals surface area (Å²) in [5.41, 5.74) is -2.47. The quantitative estimate of drug-likeness (QED) is 0.166. The van der Waals surface area contributed by atoms with Gasteiger partial charge in [0, 0.05) is 16.5 Å². The van der Waals surface area contributed by atoms with E-state index in [0.717, 1.165) is 11.1 Å². The first-order valence-corrected chi connectivity index (χ1v) is 13.5. The molecule has 0 heterocycles. The van der Waals surface area contributed by atoms with Crippen LogP contribution in [0.15, 0.2) is 95.5 Å². The van der Waals surface area contributed by atoms with Crippen molar-refractivity contribution in [1.82, 2.24) is 5.32 Å². The van der Waals surface area contributed by atoms with Gasteiger partial charge in [0.05, 0.1) is 22.4 Å². The van der Waals surface area contributed by atoms with Gasteiger partial charge in [-0.3, -0.25) is 9.59 Å². The number of carboxylic acids is 1. The van der Waals surface area contributed by atoms with E-state index in [2.05, 4.69) is 26.6 Å². The average Bonchev–Trinajstić information content (AvgIpc) is 2.97. The van der Waals surface area contributed by atoms with Gasteiger partial charge in [0.15, 0.2) is 0 Å². The second-order valence-corrected chi connectivity index (χ2v) is 10.5. The van der Waals surface area contributed by atoms with Gasteiger partial charge < -0.3 is 15.7 Å². The zero-order valence-corrected chi connectivity index (χ0v) is 23.8. The summed E-state index contributed by atoms with van der Waals surface area (Å²) in [6, 6.07) is 19.2.